The Bertz CT molecular complexity index is 953. The first-order valence-electron chi connectivity index (χ1n) is 11.7. The summed E-state index contributed by atoms with van der Waals surface area (Å²) in [5.41, 5.74) is 1.75. The van der Waals surface area contributed by atoms with Gasteiger partial charge in [0.05, 0.1) is 41.1 Å². The highest BCUT2D eigenvalue weighted by Gasteiger charge is 2.15. The molecule has 0 saturated carbocycles. The van der Waals surface area contributed by atoms with Crippen LogP contribution in [0.25, 0.3) is 0 Å². The second-order valence-electron chi connectivity index (χ2n) is 8.14. The van der Waals surface area contributed by atoms with Crippen molar-refractivity contribution < 1.29 is 23.5 Å². The SMILES string of the molecule is C1CCNCC1.COC(=O)c1ccc(F)c(Cl)c1.COC(=O)c1ccc(N2CCCCC2)c(Cl)c1. The lowest BCUT2D eigenvalue weighted by Crippen LogP contribution is -2.29. The van der Waals surface area contributed by atoms with Gasteiger partial charge in [0.15, 0.2) is 0 Å². The highest BCUT2D eigenvalue weighted by atomic mass is 35.5. The quantitative estimate of drug-likeness (QED) is 0.484. The monoisotopic (exact) mass is 526 g/mol. The molecule has 0 aromatic heterocycles. The second-order valence-corrected chi connectivity index (χ2v) is 8.95. The van der Waals surface area contributed by atoms with E-state index in [1.807, 2.05) is 6.07 Å². The number of nitrogens with zero attached hydrogens (tertiary/aromatic N) is 1. The summed E-state index contributed by atoms with van der Waals surface area (Å²) >= 11 is 11.6. The van der Waals surface area contributed by atoms with Crippen LogP contribution in [0.1, 0.15) is 59.2 Å². The third-order valence-electron chi connectivity index (χ3n) is 5.61. The number of ether oxygens (including phenoxy) is 2. The Morgan fingerprint density at radius 1 is 0.800 bits per heavy atom. The molecular formula is C26H33Cl2FN2O4. The van der Waals surface area contributed by atoms with Crippen molar-refractivity contribution in [1.82, 2.24) is 5.32 Å². The van der Waals surface area contributed by atoms with Crippen molar-refractivity contribution in [3.63, 3.8) is 0 Å². The molecule has 0 amide bonds. The number of halogens is 3. The first kappa shape index (κ1) is 28.9. The number of carbonyl (C=O) groups excluding carboxylic acids is 2. The molecule has 0 unspecified atom stereocenters. The molecule has 4 rings (SSSR count). The first-order valence-corrected chi connectivity index (χ1v) is 12.5. The third-order valence-corrected chi connectivity index (χ3v) is 6.21. The van der Waals surface area contributed by atoms with E-state index in [-0.39, 0.29) is 16.6 Å². The predicted molar refractivity (Wildman–Crippen MR) is 138 cm³/mol. The number of methoxy groups -OCH3 is 2. The van der Waals surface area contributed by atoms with Gasteiger partial charge in [0.25, 0.3) is 0 Å². The molecule has 35 heavy (non-hydrogen) atoms. The minimum Gasteiger partial charge on any atom is -0.465 e. The number of piperidine rings is 2. The van der Waals surface area contributed by atoms with Gasteiger partial charge in [-0.05, 0) is 81.6 Å². The summed E-state index contributed by atoms with van der Waals surface area (Å²) in [5, 5.41) is 3.82. The largest absolute Gasteiger partial charge is 0.465 e. The molecule has 0 aliphatic carbocycles. The molecule has 2 fully saturated rings. The van der Waals surface area contributed by atoms with Gasteiger partial charge >= 0.3 is 11.9 Å². The normalized spacial score (nSPS) is 15.1. The maximum absolute atomic E-state index is 12.6. The Hall–Kier alpha value is -2.35. The smallest absolute Gasteiger partial charge is 0.337 e. The van der Waals surface area contributed by atoms with E-state index in [9.17, 15) is 14.0 Å². The van der Waals surface area contributed by atoms with Gasteiger partial charge in [0, 0.05) is 13.1 Å². The lowest BCUT2D eigenvalue weighted by atomic mass is 10.1. The number of esters is 2. The van der Waals surface area contributed by atoms with Gasteiger partial charge < -0.3 is 19.7 Å². The molecule has 9 heteroatoms. The van der Waals surface area contributed by atoms with Crippen LogP contribution in [0.5, 0.6) is 0 Å². The molecule has 2 heterocycles. The van der Waals surface area contributed by atoms with E-state index in [1.54, 1.807) is 12.1 Å². The fraction of sp³-hybridized carbons (Fsp3) is 0.462. The van der Waals surface area contributed by atoms with Gasteiger partial charge in [-0.3, -0.25) is 0 Å². The molecule has 0 atom stereocenters. The van der Waals surface area contributed by atoms with Crippen molar-refractivity contribution >= 4 is 40.8 Å². The molecule has 0 spiro atoms. The molecule has 1 N–H and O–H groups in total. The van der Waals surface area contributed by atoms with Gasteiger partial charge in [-0.1, -0.05) is 29.6 Å². The lowest BCUT2D eigenvalue weighted by Gasteiger charge is -2.29. The fourth-order valence-corrected chi connectivity index (χ4v) is 4.17. The Morgan fingerprint density at radius 2 is 1.31 bits per heavy atom. The molecule has 192 valence electrons. The zero-order valence-corrected chi connectivity index (χ0v) is 21.8. The van der Waals surface area contributed by atoms with E-state index in [1.165, 1.54) is 78.0 Å². The van der Waals surface area contributed by atoms with E-state index in [0.29, 0.717) is 10.6 Å². The average Bonchev–Trinajstić information content (AvgIpc) is 2.91. The number of anilines is 1. The number of benzene rings is 2. The van der Waals surface area contributed by atoms with Crippen LogP contribution >= 0.6 is 23.2 Å². The van der Waals surface area contributed by atoms with Gasteiger partial charge in [-0.2, -0.15) is 0 Å². The Morgan fingerprint density at radius 3 is 1.74 bits per heavy atom. The van der Waals surface area contributed by atoms with Crippen LogP contribution in [0.15, 0.2) is 36.4 Å². The van der Waals surface area contributed by atoms with Crippen molar-refractivity contribution in [2.45, 2.75) is 38.5 Å². The summed E-state index contributed by atoms with van der Waals surface area (Å²) in [6.45, 7) is 4.58. The van der Waals surface area contributed by atoms with Crippen LogP contribution in [0.2, 0.25) is 10.0 Å². The van der Waals surface area contributed by atoms with E-state index in [2.05, 4.69) is 19.7 Å². The zero-order chi connectivity index (χ0) is 25.6. The highest BCUT2D eigenvalue weighted by molar-refractivity contribution is 6.33. The molecule has 0 bridgehead atoms. The minimum absolute atomic E-state index is 0.0853. The van der Waals surface area contributed by atoms with Crippen LogP contribution in [0, 0.1) is 5.82 Å². The molecule has 2 aliphatic heterocycles. The summed E-state index contributed by atoms with van der Waals surface area (Å²) in [5.74, 6) is -1.43. The molecule has 6 nitrogen and oxygen atoms in total. The lowest BCUT2D eigenvalue weighted by molar-refractivity contribution is 0.0592. The van der Waals surface area contributed by atoms with Crippen molar-refractivity contribution in [3.05, 3.63) is 63.4 Å². The van der Waals surface area contributed by atoms with E-state index < -0.39 is 11.8 Å². The third kappa shape index (κ3) is 9.67. The topological polar surface area (TPSA) is 67.9 Å². The summed E-state index contributed by atoms with van der Waals surface area (Å²) in [6, 6.07) is 9.00. The number of rotatable bonds is 3. The van der Waals surface area contributed by atoms with Crippen LogP contribution in [0.4, 0.5) is 10.1 Å². The number of hydrogen-bond acceptors (Lipinski definition) is 6. The van der Waals surface area contributed by atoms with Gasteiger partial charge in [0.2, 0.25) is 0 Å². The van der Waals surface area contributed by atoms with Crippen molar-refractivity contribution in [3.8, 4) is 0 Å². The molecule has 2 saturated heterocycles. The van der Waals surface area contributed by atoms with Crippen LogP contribution in [-0.4, -0.2) is 52.3 Å². The molecule has 2 aliphatic rings. The first-order chi connectivity index (χ1) is 16.9. The maximum Gasteiger partial charge on any atom is 0.337 e. The molecule has 0 radical (unpaired) electrons. The fourth-order valence-electron chi connectivity index (χ4n) is 3.69. The Balaban J connectivity index is 0.000000207. The van der Waals surface area contributed by atoms with E-state index in [0.717, 1.165) is 24.8 Å². The molecule has 2 aromatic rings. The van der Waals surface area contributed by atoms with Crippen molar-refractivity contribution in [2.24, 2.45) is 0 Å². The van der Waals surface area contributed by atoms with Gasteiger partial charge in [0.1, 0.15) is 5.82 Å². The molecular weight excluding hydrogens is 494 g/mol. The summed E-state index contributed by atoms with van der Waals surface area (Å²) in [4.78, 5) is 24.5. The number of hydrogen-bond donors (Lipinski definition) is 1. The Kier molecular flexibility index (Phi) is 12.9. The van der Waals surface area contributed by atoms with Crippen LogP contribution in [0.3, 0.4) is 0 Å². The standard InChI is InChI=1S/C13H16ClNO2.C8H6ClFO2.C5H11N/c1-17-13(16)10-5-6-12(11(14)9-10)15-7-3-2-4-8-15;1-12-8(11)5-2-3-7(10)6(9)4-5;1-2-4-6-5-3-1/h5-6,9H,2-4,7-8H2,1H3;2-4H,1H3;6H,1-5H2. The number of carbonyl (C=O) groups is 2. The average molecular weight is 527 g/mol. The van der Waals surface area contributed by atoms with Crippen LogP contribution < -0.4 is 10.2 Å². The van der Waals surface area contributed by atoms with Crippen LogP contribution in [-0.2, 0) is 9.47 Å². The second kappa shape index (κ2) is 15.6. The molecule has 2 aromatic carbocycles. The van der Waals surface area contributed by atoms with Crippen molar-refractivity contribution in [1.29, 1.82) is 0 Å². The predicted octanol–water partition coefficient (Wildman–Crippen LogP) is 6.14. The summed E-state index contributed by atoms with van der Waals surface area (Å²) in [6.07, 6.45) is 7.91. The van der Waals surface area contributed by atoms with Crippen molar-refractivity contribution in [2.75, 3.05) is 45.3 Å². The van der Waals surface area contributed by atoms with E-state index in [4.69, 9.17) is 23.2 Å². The highest BCUT2D eigenvalue weighted by Crippen LogP contribution is 2.29. The maximum atomic E-state index is 12.6. The number of nitrogens with one attached hydrogen (secondary N) is 1. The summed E-state index contributed by atoms with van der Waals surface area (Å²) < 4.78 is 21.7. The van der Waals surface area contributed by atoms with E-state index >= 15 is 0 Å². The Labute approximate surface area is 216 Å². The van der Waals surface area contributed by atoms with Gasteiger partial charge in [-0.25, -0.2) is 14.0 Å². The minimum atomic E-state index is -0.552. The zero-order valence-electron chi connectivity index (χ0n) is 20.2. The van der Waals surface area contributed by atoms with Gasteiger partial charge in [-0.15, -0.1) is 0 Å². The summed E-state index contributed by atoms with van der Waals surface area (Å²) in [7, 11) is 2.62.